The highest BCUT2D eigenvalue weighted by atomic mass is 16.5. The summed E-state index contributed by atoms with van der Waals surface area (Å²) < 4.78 is 5.13. The number of hydrogen-bond donors (Lipinski definition) is 3. The Balaban J connectivity index is 1.79. The lowest BCUT2D eigenvalue weighted by Crippen LogP contribution is -3.11. The van der Waals surface area contributed by atoms with E-state index in [9.17, 15) is 14.4 Å². The fourth-order valence-corrected chi connectivity index (χ4v) is 2.63. The van der Waals surface area contributed by atoms with Gasteiger partial charge >= 0.3 is 5.97 Å². The molecule has 0 aliphatic carbocycles. The summed E-state index contributed by atoms with van der Waals surface area (Å²) in [5.74, 6) is -0.781. The van der Waals surface area contributed by atoms with Crippen LogP contribution in [0.1, 0.15) is 29.8 Å². The number of benzene rings is 2. The molecule has 7 nitrogen and oxygen atoms in total. The van der Waals surface area contributed by atoms with E-state index in [1.54, 1.807) is 45.2 Å². The predicted molar refractivity (Wildman–Crippen MR) is 112 cm³/mol. The SMILES string of the molecule is Cc1ccc(NC(=O)C[NH+](C)CC(=O)Nc2ccc(C(=O)OC(C)C)cc2)cc1. The van der Waals surface area contributed by atoms with E-state index in [1.807, 2.05) is 31.2 Å². The van der Waals surface area contributed by atoms with Gasteiger partial charge in [0.2, 0.25) is 0 Å². The van der Waals surface area contributed by atoms with E-state index in [0.29, 0.717) is 11.3 Å². The van der Waals surface area contributed by atoms with Gasteiger partial charge in [0.05, 0.1) is 18.7 Å². The number of quaternary nitrogens is 1. The summed E-state index contributed by atoms with van der Waals surface area (Å²) in [6.45, 7) is 5.85. The van der Waals surface area contributed by atoms with Crippen LogP contribution < -0.4 is 15.5 Å². The van der Waals surface area contributed by atoms with Gasteiger partial charge in [0, 0.05) is 11.4 Å². The molecule has 0 fully saturated rings. The van der Waals surface area contributed by atoms with Crippen molar-refractivity contribution >= 4 is 29.2 Å². The Morgan fingerprint density at radius 1 is 0.862 bits per heavy atom. The Kier molecular flexibility index (Phi) is 7.91. The van der Waals surface area contributed by atoms with E-state index in [0.717, 1.165) is 16.2 Å². The maximum Gasteiger partial charge on any atom is 0.338 e. The van der Waals surface area contributed by atoms with Gasteiger partial charge < -0.3 is 20.3 Å². The molecule has 1 unspecified atom stereocenters. The Labute approximate surface area is 171 Å². The average Bonchev–Trinajstić information content (AvgIpc) is 2.63. The van der Waals surface area contributed by atoms with Crippen LogP contribution in [-0.4, -0.2) is 44.0 Å². The second-order valence-corrected chi connectivity index (χ2v) is 7.30. The lowest BCUT2D eigenvalue weighted by Gasteiger charge is -2.14. The maximum absolute atomic E-state index is 12.2. The number of aryl methyl sites for hydroxylation is 1. The third-order valence-corrected chi connectivity index (χ3v) is 4.01. The van der Waals surface area contributed by atoms with Crippen LogP contribution in [0.4, 0.5) is 11.4 Å². The number of amides is 2. The molecule has 29 heavy (non-hydrogen) atoms. The maximum atomic E-state index is 12.2. The zero-order valence-electron chi connectivity index (χ0n) is 17.2. The quantitative estimate of drug-likeness (QED) is 0.590. The second kappa shape index (κ2) is 10.4. The molecule has 0 aliphatic rings. The number of nitrogens with one attached hydrogen (secondary N) is 3. The highest BCUT2D eigenvalue weighted by Crippen LogP contribution is 2.11. The molecule has 0 radical (unpaired) electrons. The number of ether oxygens (including phenoxy) is 1. The topological polar surface area (TPSA) is 88.9 Å². The Morgan fingerprint density at radius 2 is 1.31 bits per heavy atom. The van der Waals surface area contributed by atoms with Gasteiger partial charge in [0.1, 0.15) is 0 Å². The highest BCUT2D eigenvalue weighted by molar-refractivity contribution is 5.94. The molecular weight excluding hydrogens is 370 g/mol. The van der Waals surface area contributed by atoms with Crippen LogP contribution in [0.25, 0.3) is 0 Å². The van der Waals surface area contributed by atoms with Gasteiger partial charge in [-0.15, -0.1) is 0 Å². The van der Waals surface area contributed by atoms with Crippen LogP contribution in [0.3, 0.4) is 0 Å². The second-order valence-electron chi connectivity index (χ2n) is 7.30. The minimum absolute atomic E-state index is 0.137. The van der Waals surface area contributed by atoms with Crippen molar-refractivity contribution in [3.8, 4) is 0 Å². The molecular formula is C22H28N3O4+. The van der Waals surface area contributed by atoms with Gasteiger partial charge in [-0.2, -0.15) is 0 Å². The summed E-state index contributed by atoms with van der Waals surface area (Å²) in [4.78, 5) is 36.9. The molecule has 0 saturated carbocycles. The van der Waals surface area contributed by atoms with Crippen molar-refractivity contribution in [2.24, 2.45) is 0 Å². The summed E-state index contributed by atoms with van der Waals surface area (Å²) in [5, 5.41) is 5.58. The summed E-state index contributed by atoms with van der Waals surface area (Å²) in [7, 11) is 1.78. The van der Waals surface area contributed by atoms with Gasteiger partial charge in [-0.3, -0.25) is 9.59 Å². The lowest BCUT2D eigenvalue weighted by atomic mass is 10.2. The molecule has 2 amide bonds. The Hall–Kier alpha value is -3.19. The minimum Gasteiger partial charge on any atom is -0.459 e. The zero-order valence-corrected chi connectivity index (χ0v) is 17.2. The van der Waals surface area contributed by atoms with Crippen molar-refractivity contribution in [1.29, 1.82) is 0 Å². The standard InChI is InChI=1S/C22H27N3O4/c1-15(2)29-22(28)17-7-11-19(12-8-17)24-21(27)14-25(4)13-20(26)23-18-9-5-16(3)6-10-18/h5-12,15H,13-14H2,1-4H3,(H,23,26)(H,24,27)/p+1. The molecule has 0 spiro atoms. The van der Waals surface area contributed by atoms with Crippen molar-refractivity contribution < 1.29 is 24.0 Å². The number of carbonyl (C=O) groups excluding carboxylic acids is 3. The number of anilines is 2. The van der Waals surface area contributed by atoms with E-state index < -0.39 is 5.97 Å². The van der Waals surface area contributed by atoms with Crippen LogP contribution in [0.5, 0.6) is 0 Å². The van der Waals surface area contributed by atoms with Gasteiger partial charge in [0.15, 0.2) is 13.1 Å². The molecule has 2 aromatic rings. The van der Waals surface area contributed by atoms with Crippen LogP contribution in [0.15, 0.2) is 48.5 Å². The van der Waals surface area contributed by atoms with Gasteiger partial charge in [-0.1, -0.05) is 17.7 Å². The molecule has 2 aromatic carbocycles. The van der Waals surface area contributed by atoms with E-state index >= 15 is 0 Å². The van der Waals surface area contributed by atoms with E-state index in [4.69, 9.17) is 4.74 Å². The highest BCUT2D eigenvalue weighted by Gasteiger charge is 2.15. The molecule has 1 atom stereocenters. The molecule has 3 N–H and O–H groups in total. The Bertz CT molecular complexity index is 845. The molecule has 154 valence electrons. The van der Waals surface area contributed by atoms with Crippen molar-refractivity contribution in [3.63, 3.8) is 0 Å². The third kappa shape index (κ3) is 7.75. The lowest BCUT2D eigenvalue weighted by molar-refractivity contribution is -0.862. The molecule has 2 rings (SSSR count). The zero-order chi connectivity index (χ0) is 21.4. The molecule has 7 heteroatoms. The first kappa shape index (κ1) is 22.1. The first-order chi connectivity index (χ1) is 13.7. The summed E-state index contributed by atoms with van der Waals surface area (Å²) in [5.41, 5.74) is 2.85. The fourth-order valence-electron chi connectivity index (χ4n) is 2.63. The van der Waals surface area contributed by atoms with Gasteiger partial charge in [0.25, 0.3) is 11.8 Å². The molecule has 0 aromatic heterocycles. The first-order valence-corrected chi connectivity index (χ1v) is 9.51. The molecule has 0 saturated heterocycles. The predicted octanol–water partition coefficient (Wildman–Crippen LogP) is 1.65. The number of likely N-dealkylation sites (N-methyl/N-ethyl adjacent to an activating group) is 1. The minimum atomic E-state index is -0.401. The first-order valence-electron chi connectivity index (χ1n) is 9.51. The van der Waals surface area contributed by atoms with E-state index in [-0.39, 0.29) is 31.0 Å². The summed E-state index contributed by atoms with van der Waals surface area (Å²) >= 11 is 0. The van der Waals surface area contributed by atoms with Gasteiger partial charge in [-0.05, 0) is 57.2 Å². The Morgan fingerprint density at radius 3 is 1.76 bits per heavy atom. The van der Waals surface area contributed by atoms with Gasteiger partial charge in [-0.25, -0.2) is 4.79 Å². The number of rotatable bonds is 8. The third-order valence-electron chi connectivity index (χ3n) is 4.01. The number of esters is 1. The largest absolute Gasteiger partial charge is 0.459 e. The van der Waals surface area contributed by atoms with Crippen molar-refractivity contribution in [1.82, 2.24) is 0 Å². The van der Waals surface area contributed by atoms with Crippen LogP contribution in [0.2, 0.25) is 0 Å². The molecule has 0 bridgehead atoms. The molecule has 0 heterocycles. The van der Waals surface area contributed by atoms with Crippen molar-refractivity contribution in [2.45, 2.75) is 26.9 Å². The van der Waals surface area contributed by atoms with Crippen LogP contribution >= 0.6 is 0 Å². The number of carbonyl (C=O) groups is 3. The summed E-state index contributed by atoms with van der Waals surface area (Å²) in [6.07, 6.45) is -0.191. The average molecular weight is 398 g/mol. The van der Waals surface area contributed by atoms with Crippen molar-refractivity contribution in [3.05, 3.63) is 59.7 Å². The normalized spacial score (nSPS) is 11.6. The molecule has 0 aliphatic heterocycles. The van der Waals surface area contributed by atoms with E-state index in [1.165, 1.54) is 0 Å². The van der Waals surface area contributed by atoms with Crippen LogP contribution in [-0.2, 0) is 14.3 Å². The van der Waals surface area contributed by atoms with E-state index in [2.05, 4.69) is 10.6 Å². The smallest absolute Gasteiger partial charge is 0.338 e. The summed E-state index contributed by atoms with van der Waals surface area (Å²) in [6, 6.07) is 14.0. The van der Waals surface area contributed by atoms with Crippen molar-refractivity contribution in [2.75, 3.05) is 30.8 Å². The van der Waals surface area contributed by atoms with Crippen LogP contribution in [0, 0.1) is 6.92 Å². The fraction of sp³-hybridized carbons (Fsp3) is 0.318. The number of hydrogen-bond acceptors (Lipinski definition) is 4. The monoisotopic (exact) mass is 398 g/mol.